The summed E-state index contributed by atoms with van der Waals surface area (Å²) in [5.41, 5.74) is 2.70. The van der Waals surface area contributed by atoms with Crippen molar-refractivity contribution in [3.63, 3.8) is 0 Å². The molecule has 0 spiro atoms. The molecule has 0 atom stereocenters. The number of ether oxygens (including phenoxy) is 1. The minimum Gasteiger partial charge on any atom is -0.453 e. The second-order valence-electron chi connectivity index (χ2n) is 7.11. The van der Waals surface area contributed by atoms with E-state index in [1.807, 2.05) is 0 Å². The maximum Gasteiger partial charge on any atom is 0.358 e. The van der Waals surface area contributed by atoms with Gasteiger partial charge in [-0.1, -0.05) is 23.7 Å². The van der Waals surface area contributed by atoms with E-state index in [9.17, 15) is 18.0 Å². The Labute approximate surface area is 194 Å². The summed E-state index contributed by atoms with van der Waals surface area (Å²) in [6.45, 7) is 1.53. The van der Waals surface area contributed by atoms with Crippen LogP contribution in [0.5, 0.6) is 0 Å². The number of Topliss-reactive ketones (excluding diaryl/α,β-unsaturated/α-hetero) is 1. The summed E-state index contributed by atoms with van der Waals surface area (Å²) in [5.74, 6) is -1.04. The highest BCUT2D eigenvalue weighted by molar-refractivity contribution is 7.92. The first-order valence-corrected chi connectivity index (χ1v) is 12.7. The van der Waals surface area contributed by atoms with Gasteiger partial charge in [0.2, 0.25) is 10.0 Å². The molecular formula is C22H19ClN2O5S2. The Morgan fingerprint density at radius 1 is 1.19 bits per heavy atom. The Morgan fingerprint density at radius 2 is 1.94 bits per heavy atom. The predicted molar refractivity (Wildman–Crippen MR) is 124 cm³/mol. The van der Waals surface area contributed by atoms with Gasteiger partial charge >= 0.3 is 5.97 Å². The normalized spacial score (nSPS) is 13.1. The fraction of sp³-hybridized carbons (Fsp3) is 0.227. The van der Waals surface area contributed by atoms with Crippen LogP contribution in [-0.4, -0.2) is 44.1 Å². The Kier molecular flexibility index (Phi) is 6.32. The number of ketones is 1. The van der Waals surface area contributed by atoms with Crippen LogP contribution in [0.25, 0.3) is 10.6 Å². The number of fused-ring (bicyclic) bond motifs is 1. The monoisotopic (exact) mass is 490 g/mol. The quantitative estimate of drug-likeness (QED) is 0.363. The predicted octanol–water partition coefficient (Wildman–Crippen LogP) is 4.22. The summed E-state index contributed by atoms with van der Waals surface area (Å²) in [7, 11) is -3.35. The molecular weight excluding hydrogens is 472 g/mol. The van der Waals surface area contributed by atoms with Crippen molar-refractivity contribution in [3.05, 3.63) is 69.7 Å². The zero-order valence-corrected chi connectivity index (χ0v) is 19.5. The van der Waals surface area contributed by atoms with E-state index >= 15 is 0 Å². The molecule has 3 aromatic rings. The fourth-order valence-electron chi connectivity index (χ4n) is 3.37. The largest absolute Gasteiger partial charge is 0.453 e. The Morgan fingerprint density at radius 3 is 2.66 bits per heavy atom. The van der Waals surface area contributed by atoms with Crippen molar-refractivity contribution in [2.24, 2.45) is 0 Å². The number of anilines is 1. The van der Waals surface area contributed by atoms with E-state index in [1.54, 1.807) is 54.8 Å². The maximum absolute atomic E-state index is 12.5. The van der Waals surface area contributed by atoms with E-state index in [2.05, 4.69) is 4.98 Å². The Hall–Kier alpha value is -2.75. The molecule has 2 heterocycles. The van der Waals surface area contributed by atoms with Crippen molar-refractivity contribution in [1.82, 2.24) is 4.98 Å². The molecule has 0 unspecified atom stereocenters. The first-order valence-electron chi connectivity index (χ1n) is 9.83. The van der Waals surface area contributed by atoms with Crippen molar-refractivity contribution in [2.45, 2.75) is 13.3 Å². The summed E-state index contributed by atoms with van der Waals surface area (Å²) < 4.78 is 30.9. The third-order valence-electron chi connectivity index (χ3n) is 5.09. The number of sulfonamides is 1. The number of carbonyl (C=O) groups is 2. The van der Waals surface area contributed by atoms with Gasteiger partial charge in [0.05, 0.1) is 11.4 Å². The molecule has 4 rings (SSSR count). The molecule has 0 saturated carbocycles. The van der Waals surface area contributed by atoms with Gasteiger partial charge in [-0.05, 0) is 49.2 Å². The van der Waals surface area contributed by atoms with E-state index in [1.165, 1.54) is 15.6 Å². The van der Waals surface area contributed by atoms with Crippen LogP contribution in [0.4, 0.5) is 5.69 Å². The minimum atomic E-state index is -3.35. The van der Waals surface area contributed by atoms with Gasteiger partial charge in [0.25, 0.3) is 0 Å². The van der Waals surface area contributed by atoms with Gasteiger partial charge in [-0.2, -0.15) is 0 Å². The third kappa shape index (κ3) is 4.55. The van der Waals surface area contributed by atoms with Gasteiger partial charge in [0, 0.05) is 28.1 Å². The van der Waals surface area contributed by atoms with Crippen LogP contribution in [0.1, 0.15) is 33.3 Å². The lowest BCUT2D eigenvalue weighted by atomic mass is 10.1. The van der Waals surface area contributed by atoms with Gasteiger partial charge in [0.15, 0.2) is 18.1 Å². The second-order valence-corrected chi connectivity index (χ2v) is 10.6. The lowest BCUT2D eigenvalue weighted by molar-refractivity contribution is 0.0470. The summed E-state index contributed by atoms with van der Waals surface area (Å²) in [5, 5.41) is 2.83. The number of nitrogens with zero attached hydrogens (tertiary/aromatic N) is 2. The van der Waals surface area contributed by atoms with Crippen molar-refractivity contribution in [1.29, 1.82) is 0 Å². The molecule has 0 fully saturated rings. The number of esters is 1. The van der Waals surface area contributed by atoms with E-state index < -0.39 is 22.6 Å². The number of rotatable bonds is 7. The van der Waals surface area contributed by atoms with Crippen molar-refractivity contribution >= 4 is 50.4 Å². The van der Waals surface area contributed by atoms with Crippen LogP contribution in [0.3, 0.4) is 0 Å². The number of carbonyl (C=O) groups excluding carboxylic acids is 2. The smallest absolute Gasteiger partial charge is 0.358 e. The lowest BCUT2D eigenvalue weighted by Crippen LogP contribution is -2.30. The third-order valence-corrected chi connectivity index (χ3v) is 8.02. The lowest BCUT2D eigenvalue weighted by Gasteiger charge is -2.18. The van der Waals surface area contributed by atoms with E-state index in [-0.39, 0.29) is 17.2 Å². The molecule has 7 nitrogen and oxygen atoms in total. The van der Waals surface area contributed by atoms with Crippen LogP contribution >= 0.6 is 22.9 Å². The van der Waals surface area contributed by atoms with Gasteiger partial charge in [-0.3, -0.25) is 9.10 Å². The average molecular weight is 491 g/mol. The number of halogens is 1. The van der Waals surface area contributed by atoms with Crippen LogP contribution in [0.15, 0.2) is 47.8 Å². The van der Waals surface area contributed by atoms with Gasteiger partial charge < -0.3 is 4.74 Å². The molecule has 1 aliphatic rings. The SMILES string of the molecule is CCS(=O)(=O)N1CCc2cc(C(=O)COC(=O)c3csc(-c4ccc(Cl)cc4)n3)ccc21. The van der Waals surface area contributed by atoms with E-state index in [0.717, 1.165) is 11.1 Å². The van der Waals surface area contributed by atoms with Crippen LogP contribution < -0.4 is 4.31 Å². The van der Waals surface area contributed by atoms with Crippen LogP contribution in [0, 0.1) is 0 Å². The zero-order chi connectivity index (χ0) is 22.9. The second kappa shape index (κ2) is 9.01. The molecule has 0 bridgehead atoms. The highest BCUT2D eigenvalue weighted by atomic mass is 35.5. The number of hydrogen-bond acceptors (Lipinski definition) is 7. The first kappa shape index (κ1) is 22.4. The molecule has 0 aliphatic carbocycles. The molecule has 1 aliphatic heterocycles. The minimum absolute atomic E-state index is 0.0133. The molecule has 0 radical (unpaired) electrons. The van der Waals surface area contributed by atoms with E-state index in [0.29, 0.717) is 34.2 Å². The summed E-state index contributed by atoms with van der Waals surface area (Å²) in [6, 6.07) is 11.9. The van der Waals surface area contributed by atoms with Crippen LogP contribution in [-0.2, 0) is 21.2 Å². The van der Waals surface area contributed by atoms with Crippen molar-refractivity contribution < 1.29 is 22.7 Å². The standard InChI is InChI=1S/C22H19ClN2O5S2/c1-2-32(28,29)25-10-9-15-11-16(5-8-19(15)25)20(26)12-30-22(27)18-13-31-21(24-18)14-3-6-17(23)7-4-14/h3-8,11,13H,2,9-10,12H2,1H3. The van der Waals surface area contributed by atoms with Crippen LogP contribution in [0.2, 0.25) is 5.02 Å². The molecule has 2 aromatic carbocycles. The number of benzene rings is 2. The summed E-state index contributed by atoms with van der Waals surface area (Å²) in [4.78, 5) is 29.1. The van der Waals surface area contributed by atoms with Gasteiger partial charge in [-0.25, -0.2) is 18.2 Å². The molecule has 32 heavy (non-hydrogen) atoms. The molecule has 10 heteroatoms. The van der Waals surface area contributed by atoms with Crippen molar-refractivity contribution in [3.8, 4) is 10.6 Å². The zero-order valence-electron chi connectivity index (χ0n) is 17.1. The number of hydrogen-bond donors (Lipinski definition) is 0. The average Bonchev–Trinajstić information content (AvgIpc) is 3.45. The fourth-order valence-corrected chi connectivity index (χ4v) is 5.45. The summed E-state index contributed by atoms with van der Waals surface area (Å²) in [6.07, 6.45) is 0.530. The number of thiazole rings is 1. The highest BCUT2D eigenvalue weighted by Gasteiger charge is 2.28. The molecule has 166 valence electrons. The maximum atomic E-state index is 12.5. The Balaban J connectivity index is 1.40. The van der Waals surface area contributed by atoms with Crippen molar-refractivity contribution in [2.75, 3.05) is 23.2 Å². The van der Waals surface area contributed by atoms with E-state index in [4.69, 9.17) is 16.3 Å². The molecule has 0 saturated heterocycles. The summed E-state index contributed by atoms with van der Waals surface area (Å²) >= 11 is 7.18. The molecule has 0 amide bonds. The first-order chi connectivity index (χ1) is 15.3. The highest BCUT2D eigenvalue weighted by Crippen LogP contribution is 2.31. The van der Waals surface area contributed by atoms with Gasteiger partial charge in [0.1, 0.15) is 5.01 Å². The topological polar surface area (TPSA) is 93.6 Å². The van der Waals surface area contributed by atoms with Gasteiger partial charge in [-0.15, -0.1) is 11.3 Å². The molecule has 1 aromatic heterocycles. The molecule has 0 N–H and O–H groups in total. The Bertz CT molecular complexity index is 1290. The number of aromatic nitrogens is 1.